The van der Waals surface area contributed by atoms with Crippen molar-refractivity contribution in [3.8, 4) is 0 Å². The molecule has 0 heterocycles. The lowest BCUT2D eigenvalue weighted by Crippen LogP contribution is -2.51. The van der Waals surface area contributed by atoms with Crippen LogP contribution in [0.4, 0.5) is 0 Å². The highest BCUT2D eigenvalue weighted by Gasteiger charge is 2.50. The van der Waals surface area contributed by atoms with Crippen LogP contribution in [-0.2, 0) is 20.8 Å². The zero-order valence-corrected chi connectivity index (χ0v) is 14.0. The predicted octanol–water partition coefficient (Wildman–Crippen LogP) is 1.35. The monoisotopic (exact) mass is 332 g/mol. The molecule has 6 nitrogen and oxygen atoms in total. The maximum Gasteiger partial charge on any atom is 0.311 e. The summed E-state index contributed by atoms with van der Waals surface area (Å²) in [4.78, 5) is 35.7. The van der Waals surface area contributed by atoms with Crippen LogP contribution in [0.1, 0.15) is 32.3 Å². The highest BCUT2D eigenvalue weighted by molar-refractivity contribution is 5.89. The molecule has 6 heteroatoms. The Labute approximate surface area is 141 Å². The van der Waals surface area contributed by atoms with Gasteiger partial charge in [-0.25, -0.2) is 0 Å². The maximum atomic E-state index is 12.4. The summed E-state index contributed by atoms with van der Waals surface area (Å²) < 4.78 is 0. The molecule has 0 spiro atoms. The van der Waals surface area contributed by atoms with Crippen molar-refractivity contribution in [2.24, 2.45) is 11.3 Å². The van der Waals surface area contributed by atoms with Gasteiger partial charge in [0.1, 0.15) is 6.04 Å². The predicted molar refractivity (Wildman–Crippen MR) is 89.2 cm³/mol. The minimum absolute atomic E-state index is 0.0929. The summed E-state index contributed by atoms with van der Waals surface area (Å²) in [6.45, 7) is 3.80. The second-order valence-electron chi connectivity index (χ2n) is 6.75. The van der Waals surface area contributed by atoms with E-state index in [1.807, 2.05) is 44.2 Å². The minimum atomic E-state index is -0.878. The third-order valence-electron chi connectivity index (χ3n) is 4.38. The lowest BCUT2D eigenvalue weighted by atomic mass is 10.0. The summed E-state index contributed by atoms with van der Waals surface area (Å²) in [5, 5.41) is 14.6. The number of carboxylic acids is 1. The summed E-state index contributed by atoms with van der Waals surface area (Å²) in [5.41, 5.74) is 0.0614. The second-order valence-corrected chi connectivity index (χ2v) is 6.75. The quantitative estimate of drug-likeness (QED) is 0.669. The standard InChI is InChI=1S/C18H24N2O4/c1-12(2)15(16(22)19-11-18(8-9-18)17(23)24)20-14(21)10-13-6-4-3-5-7-13/h3-7,12,15H,8-11H2,1-2H3,(H,19,22)(H,20,21)(H,23,24). The number of amides is 2. The Morgan fingerprint density at radius 3 is 2.29 bits per heavy atom. The number of hydrogen-bond acceptors (Lipinski definition) is 3. The van der Waals surface area contributed by atoms with E-state index in [4.69, 9.17) is 5.11 Å². The zero-order valence-electron chi connectivity index (χ0n) is 14.0. The first-order chi connectivity index (χ1) is 11.3. The van der Waals surface area contributed by atoms with Crippen LogP contribution < -0.4 is 10.6 Å². The van der Waals surface area contributed by atoms with E-state index in [9.17, 15) is 14.4 Å². The van der Waals surface area contributed by atoms with Crippen LogP contribution >= 0.6 is 0 Å². The smallest absolute Gasteiger partial charge is 0.311 e. The third-order valence-corrected chi connectivity index (χ3v) is 4.38. The molecule has 1 aromatic rings. The van der Waals surface area contributed by atoms with E-state index in [-0.39, 0.29) is 30.7 Å². The fraction of sp³-hybridized carbons (Fsp3) is 0.500. The van der Waals surface area contributed by atoms with Crippen molar-refractivity contribution >= 4 is 17.8 Å². The molecule has 1 aliphatic carbocycles. The highest BCUT2D eigenvalue weighted by atomic mass is 16.4. The molecular formula is C18H24N2O4. The Balaban J connectivity index is 1.90. The Morgan fingerprint density at radius 2 is 1.79 bits per heavy atom. The van der Waals surface area contributed by atoms with Gasteiger partial charge in [0.25, 0.3) is 0 Å². The molecule has 24 heavy (non-hydrogen) atoms. The molecule has 1 aliphatic rings. The van der Waals surface area contributed by atoms with Crippen molar-refractivity contribution in [1.82, 2.24) is 10.6 Å². The number of aliphatic carboxylic acids is 1. The summed E-state index contributed by atoms with van der Waals surface area (Å²) in [6.07, 6.45) is 1.36. The van der Waals surface area contributed by atoms with Crippen LogP contribution in [-0.4, -0.2) is 35.5 Å². The average Bonchev–Trinajstić information content (AvgIpc) is 3.32. The van der Waals surface area contributed by atoms with Crippen molar-refractivity contribution in [2.45, 2.75) is 39.2 Å². The Morgan fingerprint density at radius 1 is 1.17 bits per heavy atom. The van der Waals surface area contributed by atoms with Crippen molar-refractivity contribution < 1.29 is 19.5 Å². The fourth-order valence-corrected chi connectivity index (χ4v) is 2.52. The van der Waals surface area contributed by atoms with E-state index >= 15 is 0 Å². The zero-order chi connectivity index (χ0) is 17.7. The molecule has 0 saturated heterocycles. The minimum Gasteiger partial charge on any atom is -0.481 e. The lowest BCUT2D eigenvalue weighted by Gasteiger charge is -2.22. The van der Waals surface area contributed by atoms with Crippen LogP contribution in [0.2, 0.25) is 0 Å². The van der Waals surface area contributed by atoms with Gasteiger partial charge in [0.05, 0.1) is 11.8 Å². The molecular weight excluding hydrogens is 308 g/mol. The van der Waals surface area contributed by atoms with Gasteiger partial charge in [0.15, 0.2) is 0 Å². The molecule has 1 atom stereocenters. The number of rotatable bonds is 8. The number of carbonyl (C=O) groups is 3. The van der Waals surface area contributed by atoms with Gasteiger partial charge in [-0.3, -0.25) is 14.4 Å². The number of carboxylic acid groups (broad SMARTS) is 1. The van der Waals surface area contributed by atoms with E-state index < -0.39 is 17.4 Å². The van der Waals surface area contributed by atoms with Gasteiger partial charge in [0, 0.05) is 6.54 Å². The van der Waals surface area contributed by atoms with Crippen LogP contribution in [0, 0.1) is 11.3 Å². The molecule has 1 saturated carbocycles. The Bertz CT molecular complexity index is 609. The molecule has 0 bridgehead atoms. The SMILES string of the molecule is CC(C)C(NC(=O)Cc1ccccc1)C(=O)NCC1(C(=O)O)CC1. The van der Waals surface area contributed by atoms with Crippen LogP contribution in [0.15, 0.2) is 30.3 Å². The molecule has 0 aliphatic heterocycles. The van der Waals surface area contributed by atoms with Crippen molar-refractivity contribution in [3.05, 3.63) is 35.9 Å². The van der Waals surface area contributed by atoms with Crippen LogP contribution in [0.3, 0.4) is 0 Å². The van der Waals surface area contributed by atoms with Gasteiger partial charge >= 0.3 is 5.97 Å². The van der Waals surface area contributed by atoms with Crippen LogP contribution in [0.25, 0.3) is 0 Å². The van der Waals surface area contributed by atoms with E-state index in [0.29, 0.717) is 12.8 Å². The van der Waals surface area contributed by atoms with Gasteiger partial charge in [-0.2, -0.15) is 0 Å². The Kier molecular flexibility index (Phi) is 5.59. The Hall–Kier alpha value is -2.37. The third kappa shape index (κ3) is 4.57. The largest absolute Gasteiger partial charge is 0.481 e. The molecule has 2 rings (SSSR count). The number of hydrogen-bond donors (Lipinski definition) is 3. The molecule has 130 valence electrons. The summed E-state index contributed by atoms with van der Waals surface area (Å²) in [6, 6.07) is 8.63. The van der Waals surface area contributed by atoms with Crippen molar-refractivity contribution in [2.75, 3.05) is 6.54 Å². The van der Waals surface area contributed by atoms with Gasteiger partial charge in [-0.1, -0.05) is 44.2 Å². The molecule has 1 aromatic carbocycles. The van der Waals surface area contributed by atoms with E-state index in [0.717, 1.165) is 5.56 Å². The van der Waals surface area contributed by atoms with Gasteiger partial charge in [-0.15, -0.1) is 0 Å². The number of benzene rings is 1. The molecule has 1 fully saturated rings. The lowest BCUT2D eigenvalue weighted by molar-refractivity contribution is -0.143. The topological polar surface area (TPSA) is 95.5 Å². The fourth-order valence-electron chi connectivity index (χ4n) is 2.52. The summed E-state index contributed by atoms with van der Waals surface area (Å²) in [5.74, 6) is -1.53. The summed E-state index contributed by atoms with van der Waals surface area (Å²) in [7, 11) is 0. The van der Waals surface area contributed by atoms with Crippen molar-refractivity contribution in [3.63, 3.8) is 0 Å². The van der Waals surface area contributed by atoms with E-state index in [2.05, 4.69) is 10.6 Å². The van der Waals surface area contributed by atoms with E-state index in [1.54, 1.807) is 0 Å². The first-order valence-corrected chi connectivity index (χ1v) is 8.18. The summed E-state index contributed by atoms with van der Waals surface area (Å²) >= 11 is 0. The maximum absolute atomic E-state index is 12.4. The van der Waals surface area contributed by atoms with Gasteiger partial charge in [-0.05, 0) is 24.3 Å². The number of carbonyl (C=O) groups excluding carboxylic acids is 2. The van der Waals surface area contributed by atoms with Crippen LogP contribution in [0.5, 0.6) is 0 Å². The van der Waals surface area contributed by atoms with Crippen molar-refractivity contribution in [1.29, 1.82) is 0 Å². The number of nitrogens with one attached hydrogen (secondary N) is 2. The molecule has 3 N–H and O–H groups in total. The molecule has 1 unspecified atom stereocenters. The van der Waals surface area contributed by atoms with Gasteiger partial charge in [0.2, 0.25) is 11.8 Å². The molecule has 2 amide bonds. The molecule has 0 aromatic heterocycles. The first kappa shape index (κ1) is 18.0. The second kappa shape index (κ2) is 7.47. The normalized spacial score (nSPS) is 16.3. The highest BCUT2D eigenvalue weighted by Crippen LogP contribution is 2.45. The average molecular weight is 332 g/mol. The molecule has 0 radical (unpaired) electrons. The van der Waals surface area contributed by atoms with Gasteiger partial charge < -0.3 is 15.7 Å². The first-order valence-electron chi connectivity index (χ1n) is 8.18. The van der Waals surface area contributed by atoms with E-state index in [1.165, 1.54) is 0 Å².